The molecule has 2 aromatic carbocycles. The van der Waals surface area contributed by atoms with Gasteiger partial charge < -0.3 is 15.0 Å². The minimum atomic E-state index is 0.756. The summed E-state index contributed by atoms with van der Waals surface area (Å²) in [7, 11) is 0. The van der Waals surface area contributed by atoms with Crippen LogP contribution in [0.3, 0.4) is 0 Å². The van der Waals surface area contributed by atoms with Crippen molar-refractivity contribution >= 4 is 17.1 Å². The normalized spacial score (nSPS) is 11.4. The summed E-state index contributed by atoms with van der Waals surface area (Å²) in [6, 6.07) is 14.0. The predicted octanol–water partition coefficient (Wildman–Crippen LogP) is 4.71. The second-order valence-electron chi connectivity index (χ2n) is 4.86. The van der Waals surface area contributed by atoms with Gasteiger partial charge in [-0.05, 0) is 24.3 Å². The van der Waals surface area contributed by atoms with Gasteiger partial charge in [0.15, 0.2) is 11.5 Å². The van der Waals surface area contributed by atoms with Gasteiger partial charge >= 0.3 is 0 Å². The molecule has 0 amide bonds. The maximum atomic E-state index is 5.98. The van der Waals surface area contributed by atoms with E-state index in [1.54, 1.807) is 0 Å². The van der Waals surface area contributed by atoms with Gasteiger partial charge in [-0.25, -0.2) is 0 Å². The van der Waals surface area contributed by atoms with Crippen LogP contribution in [0.4, 0.5) is 17.1 Å². The van der Waals surface area contributed by atoms with Crippen LogP contribution >= 0.6 is 0 Å². The largest absolute Gasteiger partial charge is 0.453 e. The molecule has 0 bridgehead atoms. The number of fused-ring (bicyclic) bond motifs is 2. The van der Waals surface area contributed by atoms with Crippen LogP contribution < -0.4 is 15.0 Å². The molecule has 0 fully saturated rings. The highest BCUT2D eigenvalue weighted by atomic mass is 16.5. The minimum absolute atomic E-state index is 0.756. The fourth-order valence-corrected chi connectivity index (χ4v) is 2.49. The van der Waals surface area contributed by atoms with Gasteiger partial charge in [-0.2, -0.15) is 0 Å². The molecule has 106 valence electrons. The molecule has 0 aromatic heterocycles. The summed E-state index contributed by atoms with van der Waals surface area (Å²) in [6.07, 6.45) is 3.78. The molecule has 0 radical (unpaired) electrons. The van der Waals surface area contributed by atoms with Gasteiger partial charge in [0.2, 0.25) is 0 Å². The number of nitrogens with zero attached hydrogens (tertiary/aromatic N) is 1. The van der Waals surface area contributed by atoms with E-state index in [1.165, 1.54) is 0 Å². The SMILES string of the molecule is C=CCN(CC=C)c1cccc2c1Nc1ccccc1O2. The molecule has 1 aliphatic heterocycles. The molecular formula is C18H18N2O. The second kappa shape index (κ2) is 5.75. The van der Waals surface area contributed by atoms with Crippen molar-refractivity contribution in [3.63, 3.8) is 0 Å². The van der Waals surface area contributed by atoms with Crippen LogP contribution in [0.5, 0.6) is 11.5 Å². The maximum absolute atomic E-state index is 5.98. The zero-order chi connectivity index (χ0) is 14.7. The standard InChI is InChI=1S/C18H18N2O/c1-3-12-20(13-4-2)15-9-7-11-17-18(15)19-14-8-5-6-10-16(14)21-17/h3-11,19H,1-2,12-13H2. The van der Waals surface area contributed by atoms with Crippen molar-refractivity contribution in [3.05, 3.63) is 67.8 Å². The molecule has 21 heavy (non-hydrogen) atoms. The van der Waals surface area contributed by atoms with Crippen molar-refractivity contribution in [3.8, 4) is 11.5 Å². The molecule has 3 rings (SSSR count). The van der Waals surface area contributed by atoms with Gasteiger partial charge in [0.25, 0.3) is 0 Å². The topological polar surface area (TPSA) is 24.5 Å². The summed E-state index contributed by atoms with van der Waals surface area (Å²) in [5, 5.41) is 3.47. The van der Waals surface area contributed by atoms with E-state index in [0.717, 1.165) is 41.7 Å². The van der Waals surface area contributed by atoms with E-state index >= 15 is 0 Å². The van der Waals surface area contributed by atoms with Crippen LogP contribution in [0, 0.1) is 0 Å². The molecule has 2 aromatic rings. The van der Waals surface area contributed by atoms with Crippen LogP contribution in [-0.4, -0.2) is 13.1 Å². The van der Waals surface area contributed by atoms with Gasteiger partial charge in [-0.1, -0.05) is 30.4 Å². The van der Waals surface area contributed by atoms with E-state index in [4.69, 9.17) is 4.74 Å². The van der Waals surface area contributed by atoms with Crippen molar-refractivity contribution in [2.45, 2.75) is 0 Å². The monoisotopic (exact) mass is 278 g/mol. The number of para-hydroxylation sites is 3. The molecule has 1 heterocycles. The molecule has 0 aliphatic carbocycles. The lowest BCUT2D eigenvalue weighted by molar-refractivity contribution is 0.481. The average molecular weight is 278 g/mol. The lowest BCUT2D eigenvalue weighted by atomic mass is 10.1. The molecule has 3 nitrogen and oxygen atoms in total. The summed E-state index contributed by atoms with van der Waals surface area (Å²) < 4.78 is 5.98. The molecule has 0 atom stereocenters. The number of rotatable bonds is 5. The van der Waals surface area contributed by atoms with Gasteiger partial charge in [-0.3, -0.25) is 0 Å². The smallest absolute Gasteiger partial charge is 0.153 e. The summed E-state index contributed by atoms with van der Waals surface area (Å²) in [6.45, 7) is 9.17. The Balaban J connectivity index is 2.02. The van der Waals surface area contributed by atoms with Crippen molar-refractivity contribution in [1.82, 2.24) is 0 Å². The zero-order valence-electron chi connectivity index (χ0n) is 11.9. The molecule has 1 N–H and O–H groups in total. The predicted molar refractivity (Wildman–Crippen MR) is 88.8 cm³/mol. The second-order valence-corrected chi connectivity index (χ2v) is 4.86. The first-order valence-electron chi connectivity index (χ1n) is 6.97. The van der Waals surface area contributed by atoms with Gasteiger partial charge in [0.05, 0.1) is 11.4 Å². The maximum Gasteiger partial charge on any atom is 0.153 e. The Labute approximate surface area is 125 Å². The van der Waals surface area contributed by atoms with Crippen LogP contribution in [0.25, 0.3) is 0 Å². The number of ether oxygens (including phenoxy) is 1. The average Bonchev–Trinajstić information content (AvgIpc) is 2.52. The number of benzene rings is 2. The van der Waals surface area contributed by atoms with Crippen LogP contribution in [0.1, 0.15) is 0 Å². The van der Waals surface area contributed by atoms with Crippen molar-refractivity contribution in [2.24, 2.45) is 0 Å². The Kier molecular flexibility index (Phi) is 3.65. The third kappa shape index (κ3) is 2.50. The summed E-state index contributed by atoms with van der Waals surface area (Å²) in [4.78, 5) is 2.20. The Morgan fingerprint density at radius 1 is 0.952 bits per heavy atom. The fourth-order valence-electron chi connectivity index (χ4n) is 2.49. The highest BCUT2D eigenvalue weighted by Crippen LogP contribution is 2.46. The molecular weight excluding hydrogens is 260 g/mol. The highest BCUT2D eigenvalue weighted by molar-refractivity contribution is 5.85. The van der Waals surface area contributed by atoms with E-state index in [-0.39, 0.29) is 0 Å². The number of hydrogen-bond donors (Lipinski definition) is 1. The highest BCUT2D eigenvalue weighted by Gasteiger charge is 2.20. The van der Waals surface area contributed by atoms with Crippen LogP contribution in [-0.2, 0) is 0 Å². The van der Waals surface area contributed by atoms with E-state index in [0.29, 0.717) is 0 Å². The number of anilines is 3. The fraction of sp³-hybridized carbons (Fsp3) is 0.111. The van der Waals surface area contributed by atoms with Crippen molar-refractivity contribution in [1.29, 1.82) is 0 Å². The Morgan fingerprint density at radius 2 is 1.67 bits per heavy atom. The van der Waals surface area contributed by atoms with Crippen molar-refractivity contribution < 1.29 is 4.74 Å². The summed E-state index contributed by atoms with van der Waals surface area (Å²) >= 11 is 0. The first kappa shape index (κ1) is 13.3. The zero-order valence-corrected chi connectivity index (χ0v) is 11.9. The lowest BCUT2D eigenvalue weighted by Gasteiger charge is -2.29. The van der Waals surface area contributed by atoms with Gasteiger partial charge in [0, 0.05) is 13.1 Å². The molecule has 0 saturated heterocycles. The van der Waals surface area contributed by atoms with E-state index < -0.39 is 0 Å². The van der Waals surface area contributed by atoms with Crippen LogP contribution in [0.2, 0.25) is 0 Å². The van der Waals surface area contributed by atoms with Gasteiger partial charge in [0.1, 0.15) is 5.69 Å². The van der Waals surface area contributed by atoms with E-state index in [2.05, 4.69) is 29.4 Å². The first-order chi connectivity index (χ1) is 10.3. The quantitative estimate of drug-likeness (QED) is 0.684. The third-order valence-electron chi connectivity index (χ3n) is 3.41. The van der Waals surface area contributed by atoms with Gasteiger partial charge in [-0.15, -0.1) is 13.2 Å². The van der Waals surface area contributed by atoms with E-state index in [1.807, 2.05) is 48.6 Å². The molecule has 0 saturated carbocycles. The lowest BCUT2D eigenvalue weighted by Crippen LogP contribution is -2.24. The number of hydrogen-bond acceptors (Lipinski definition) is 3. The first-order valence-corrected chi connectivity index (χ1v) is 6.97. The third-order valence-corrected chi connectivity index (χ3v) is 3.41. The molecule has 0 spiro atoms. The Bertz CT molecular complexity index is 669. The minimum Gasteiger partial charge on any atom is -0.453 e. The molecule has 3 heteroatoms. The Morgan fingerprint density at radius 3 is 2.43 bits per heavy atom. The van der Waals surface area contributed by atoms with Crippen LogP contribution in [0.15, 0.2) is 67.8 Å². The summed E-state index contributed by atoms with van der Waals surface area (Å²) in [5.41, 5.74) is 3.05. The Hall–Kier alpha value is -2.68. The number of nitrogens with one attached hydrogen (secondary N) is 1. The molecule has 0 unspecified atom stereocenters. The summed E-state index contributed by atoms with van der Waals surface area (Å²) in [5.74, 6) is 1.69. The van der Waals surface area contributed by atoms with Crippen molar-refractivity contribution in [2.75, 3.05) is 23.3 Å². The molecule has 1 aliphatic rings. The van der Waals surface area contributed by atoms with E-state index in [9.17, 15) is 0 Å².